The van der Waals surface area contributed by atoms with Crippen LogP contribution in [0.5, 0.6) is 0 Å². The first-order chi connectivity index (χ1) is 16.5. The van der Waals surface area contributed by atoms with Crippen LogP contribution in [-0.2, 0) is 9.47 Å². The molecule has 0 unspecified atom stereocenters. The number of para-hydroxylation sites is 1. The maximum absolute atomic E-state index is 13.5. The molecule has 36 heavy (non-hydrogen) atoms. The molecule has 2 aromatic rings. The summed E-state index contributed by atoms with van der Waals surface area (Å²) in [7, 11) is -1.98. The number of fused-ring (bicyclic) bond motifs is 1. The molecule has 1 aliphatic heterocycles. The summed E-state index contributed by atoms with van der Waals surface area (Å²) < 4.78 is 13.2. The number of rotatable bonds is 2. The minimum atomic E-state index is -1.98. The number of benzene rings is 1. The largest absolute Gasteiger partial charge is 0.444 e. The Morgan fingerprint density at radius 1 is 0.944 bits per heavy atom. The lowest BCUT2D eigenvalue weighted by Gasteiger charge is -2.36. The SMILES string of the molecule is C/C=C1/CN(C(=O)OC(C)(C)C)CC/C1=C(/c1cc2ccccc2n1C(=O)OC(C)(C)C)[Si](C)(C)C. The lowest BCUT2D eigenvalue weighted by atomic mass is 9.96. The second kappa shape index (κ2) is 9.92. The number of allylic oxidation sites excluding steroid dienone is 1. The molecule has 0 aliphatic carbocycles. The number of ether oxygens (including phenoxy) is 2. The molecule has 6 nitrogen and oxygen atoms in total. The van der Waals surface area contributed by atoms with Crippen LogP contribution < -0.4 is 0 Å². The lowest BCUT2D eigenvalue weighted by Crippen LogP contribution is -2.42. The molecule has 1 saturated heterocycles. The van der Waals surface area contributed by atoms with E-state index in [4.69, 9.17) is 9.47 Å². The Morgan fingerprint density at radius 3 is 2.08 bits per heavy atom. The highest BCUT2D eigenvalue weighted by molar-refractivity contribution is 6.94. The topological polar surface area (TPSA) is 60.8 Å². The highest BCUT2D eigenvalue weighted by Gasteiger charge is 2.35. The average Bonchev–Trinajstić information content (AvgIpc) is 3.09. The number of piperidine rings is 1. The van der Waals surface area contributed by atoms with E-state index in [-0.39, 0.29) is 12.2 Å². The van der Waals surface area contributed by atoms with Crippen LogP contribution in [0, 0.1) is 0 Å². The molecule has 1 amide bonds. The van der Waals surface area contributed by atoms with Gasteiger partial charge in [0.2, 0.25) is 0 Å². The summed E-state index contributed by atoms with van der Waals surface area (Å²) in [6.07, 6.45) is 2.13. The number of hydrogen-bond acceptors (Lipinski definition) is 4. The smallest absolute Gasteiger partial charge is 0.419 e. The van der Waals surface area contributed by atoms with Crippen molar-refractivity contribution in [3.8, 4) is 0 Å². The fraction of sp³-hybridized carbons (Fsp3) is 0.517. The molecule has 0 radical (unpaired) electrons. The highest BCUT2D eigenvalue weighted by atomic mass is 28.3. The van der Waals surface area contributed by atoms with Gasteiger partial charge in [0.25, 0.3) is 0 Å². The van der Waals surface area contributed by atoms with Crippen molar-refractivity contribution in [2.75, 3.05) is 13.1 Å². The van der Waals surface area contributed by atoms with Crippen molar-refractivity contribution < 1.29 is 19.1 Å². The van der Waals surface area contributed by atoms with Crippen molar-refractivity contribution in [2.45, 2.75) is 85.7 Å². The van der Waals surface area contributed by atoms with Crippen molar-refractivity contribution in [3.05, 3.63) is 53.2 Å². The highest BCUT2D eigenvalue weighted by Crippen LogP contribution is 2.39. The third-order valence-corrected chi connectivity index (χ3v) is 8.03. The Morgan fingerprint density at radius 2 is 1.53 bits per heavy atom. The molecule has 196 valence electrons. The molecule has 3 rings (SSSR count). The number of carbonyl (C=O) groups excluding carboxylic acids is 2. The van der Waals surface area contributed by atoms with E-state index in [1.807, 2.05) is 72.7 Å². The summed E-state index contributed by atoms with van der Waals surface area (Å²) >= 11 is 0. The molecule has 7 heteroatoms. The van der Waals surface area contributed by atoms with E-state index >= 15 is 0 Å². The van der Waals surface area contributed by atoms with E-state index in [1.54, 1.807) is 9.47 Å². The number of likely N-dealkylation sites (tertiary alicyclic amines) is 1. The van der Waals surface area contributed by atoms with Gasteiger partial charge < -0.3 is 14.4 Å². The van der Waals surface area contributed by atoms with Crippen molar-refractivity contribution in [1.82, 2.24) is 9.47 Å². The van der Waals surface area contributed by atoms with Crippen LogP contribution in [0.1, 0.15) is 60.6 Å². The molecule has 0 atom stereocenters. The summed E-state index contributed by atoms with van der Waals surface area (Å²) in [6.45, 7) is 21.3. The molecule has 0 bridgehead atoms. The molecule has 0 N–H and O–H groups in total. The number of nitrogens with zero attached hydrogens (tertiary/aromatic N) is 2. The minimum absolute atomic E-state index is 0.293. The minimum Gasteiger partial charge on any atom is -0.444 e. The van der Waals surface area contributed by atoms with Gasteiger partial charge in [0.05, 0.1) is 19.3 Å². The Labute approximate surface area is 217 Å². The van der Waals surface area contributed by atoms with Gasteiger partial charge in [0.15, 0.2) is 0 Å². The fourth-order valence-corrected chi connectivity index (χ4v) is 6.80. The number of carbonyl (C=O) groups is 2. The van der Waals surface area contributed by atoms with Gasteiger partial charge >= 0.3 is 12.2 Å². The van der Waals surface area contributed by atoms with Crippen molar-refractivity contribution in [2.24, 2.45) is 0 Å². The second-order valence-corrected chi connectivity index (χ2v) is 17.5. The second-order valence-electron chi connectivity index (χ2n) is 12.5. The predicted molar refractivity (Wildman–Crippen MR) is 150 cm³/mol. The van der Waals surface area contributed by atoms with Gasteiger partial charge in [-0.3, -0.25) is 0 Å². The van der Waals surface area contributed by atoms with E-state index in [9.17, 15) is 9.59 Å². The molecular formula is C29H42N2O4Si. The first-order valence-electron chi connectivity index (χ1n) is 12.7. The van der Waals surface area contributed by atoms with Gasteiger partial charge in [0, 0.05) is 18.5 Å². The van der Waals surface area contributed by atoms with E-state index in [2.05, 4.69) is 31.8 Å². The summed E-state index contributed by atoms with van der Waals surface area (Å²) in [5.41, 5.74) is 2.91. The van der Waals surface area contributed by atoms with Crippen LogP contribution in [0.25, 0.3) is 16.1 Å². The molecule has 1 aliphatic rings. The van der Waals surface area contributed by atoms with Gasteiger partial charge in [-0.05, 0) is 83.4 Å². The van der Waals surface area contributed by atoms with Crippen LogP contribution in [0.3, 0.4) is 0 Å². The van der Waals surface area contributed by atoms with Crippen LogP contribution in [0.4, 0.5) is 9.59 Å². The Kier molecular flexibility index (Phi) is 7.66. The van der Waals surface area contributed by atoms with Gasteiger partial charge in [-0.2, -0.15) is 0 Å². The quantitative estimate of drug-likeness (QED) is 0.389. The Bertz CT molecular complexity index is 1220. The average molecular weight is 511 g/mol. The number of amides is 1. The molecule has 0 saturated carbocycles. The summed E-state index contributed by atoms with van der Waals surface area (Å²) in [5, 5.41) is 2.23. The van der Waals surface area contributed by atoms with Crippen molar-refractivity contribution in [3.63, 3.8) is 0 Å². The zero-order chi connectivity index (χ0) is 27.1. The molecule has 1 aromatic heterocycles. The van der Waals surface area contributed by atoms with Crippen LogP contribution in [0.2, 0.25) is 19.6 Å². The van der Waals surface area contributed by atoms with E-state index in [0.29, 0.717) is 19.5 Å². The zero-order valence-electron chi connectivity index (χ0n) is 23.6. The van der Waals surface area contributed by atoms with Gasteiger partial charge in [-0.25, -0.2) is 14.2 Å². The maximum atomic E-state index is 13.5. The van der Waals surface area contributed by atoms with Crippen LogP contribution >= 0.6 is 0 Å². The monoisotopic (exact) mass is 510 g/mol. The van der Waals surface area contributed by atoms with Gasteiger partial charge in [-0.15, -0.1) is 0 Å². The zero-order valence-corrected chi connectivity index (χ0v) is 24.6. The third-order valence-electron chi connectivity index (χ3n) is 5.98. The number of aromatic nitrogens is 1. The molecule has 2 heterocycles. The standard InChI is InChI=1S/C29H42N2O4Si/c1-11-20-19-30(26(32)34-28(2,3)4)17-16-22(20)25(36(8,9)10)24-18-21-14-12-13-15-23(21)31(24)27(33)35-29(5,6)7/h11-15,18H,16-17,19H2,1-10H3/b20-11-,25-22+. The Balaban J connectivity index is 2.18. The molecule has 0 spiro atoms. The number of hydrogen-bond donors (Lipinski definition) is 0. The summed E-state index contributed by atoms with van der Waals surface area (Å²) in [4.78, 5) is 28.1. The normalized spacial score (nSPS) is 17.9. The van der Waals surface area contributed by atoms with Crippen molar-refractivity contribution >= 4 is 36.4 Å². The van der Waals surface area contributed by atoms with E-state index in [0.717, 1.165) is 22.2 Å². The van der Waals surface area contributed by atoms with Crippen LogP contribution in [-0.4, -0.2) is 54.0 Å². The predicted octanol–water partition coefficient (Wildman–Crippen LogP) is 7.64. The maximum Gasteiger partial charge on any atom is 0.419 e. The molecule has 1 fully saturated rings. The van der Waals surface area contributed by atoms with Gasteiger partial charge in [0.1, 0.15) is 11.2 Å². The Hall–Kier alpha value is -2.80. The first-order valence-corrected chi connectivity index (χ1v) is 16.2. The summed E-state index contributed by atoms with van der Waals surface area (Å²) in [6, 6.07) is 10.1. The lowest BCUT2D eigenvalue weighted by molar-refractivity contribution is 0.0259. The van der Waals surface area contributed by atoms with E-state index < -0.39 is 19.3 Å². The fourth-order valence-electron chi connectivity index (χ4n) is 4.66. The summed E-state index contributed by atoms with van der Waals surface area (Å²) in [5.74, 6) is 0. The first kappa shape index (κ1) is 27.8. The van der Waals surface area contributed by atoms with Crippen LogP contribution in [0.15, 0.2) is 47.6 Å². The molecule has 1 aromatic carbocycles. The third kappa shape index (κ3) is 6.30. The van der Waals surface area contributed by atoms with Crippen molar-refractivity contribution in [1.29, 1.82) is 0 Å². The molecular weight excluding hydrogens is 468 g/mol. The van der Waals surface area contributed by atoms with E-state index in [1.165, 1.54) is 10.8 Å². The van der Waals surface area contributed by atoms with Gasteiger partial charge in [-0.1, -0.05) is 43.9 Å².